The second kappa shape index (κ2) is 5.76. The van der Waals surface area contributed by atoms with Crippen LogP contribution in [0.3, 0.4) is 0 Å². The summed E-state index contributed by atoms with van der Waals surface area (Å²) in [6.45, 7) is 5.42. The highest BCUT2D eigenvalue weighted by Gasteiger charge is 2.36. The molecule has 0 atom stereocenters. The second-order valence-electron chi connectivity index (χ2n) is 6.95. The highest BCUT2D eigenvalue weighted by atomic mass is 16.2. The molecule has 0 saturated heterocycles. The van der Waals surface area contributed by atoms with E-state index in [9.17, 15) is 4.79 Å². The fraction of sp³-hybridized carbons (Fsp3) is 0.500. The van der Waals surface area contributed by atoms with Gasteiger partial charge in [0.2, 0.25) is 5.91 Å². The van der Waals surface area contributed by atoms with Gasteiger partial charge in [-0.15, -0.1) is 0 Å². The maximum absolute atomic E-state index is 12.4. The molecule has 1 aromatic carbocycles. The summed E-state index contributed by atoms with van der Waals surface area (Å²) in [5.74, 6) is 0.556. The standard InChI is InChI=1S/C18H25N3O/c1-13(2)12-21-10-7-14-11-15(5-6-16(14)21)20-17(22)18(19)8-3-4-9-18/h5-7,10-11,13H,3-4,8-9,12,19H2,1-2H3,(H,20,22). The zero-order valence-electron chi connectivity index (χ0n) is 13.4. The van der Waals surface area contributed by atoms with Crippen LogP contribution in [0.25, 0.3) is 10.9 Å². The first-order valence-corrected chi connectivity index (χ1v) is 8.17. The Hall–Kier alpha value is -1.81. The van der Waals surface area contributed by atoms with Crippen LogP contribution in [-0.2, 0) is 11.3 Å². The number of carbonyl (C=O) groups excluding carboxylic acids is 1. The van der Waals surface area contributed by atoms with E-state index in [1.54, 1.807) is 0 Å². The highest BCUT2D eigenvalue weighted by Crippen LogP contribution is 2.29. The first-order valence-electron chi connectivity index (χ1n) is 8.17. The van der Waals surface area contributed by atoms with Crippen LogP contribution >= 0.6 is 0 Å². The van der Waals surface area contributed by atoms with E-state index in [1.807, 2.05) is 12.1 Å². The van der Waals surface area contributed by atoms with Crippen LogP contribution < -0.4 is 11.1 Å². The molecule has 0 aliphatic heterocycles. The molecule has 1 fully saturated rings. The van der Waals surface area contributed by atoms with Crippen molar-refractivity contribution in [2.75, 3.05) is 5.32 Å². The predicted molar refractivity (Wildman–Crippen MR) is 90.8 cm³/mol. The summed E-state index contributed by atoms with van der Waals surface area (Å²) in [7, 11) is 0. The zero-order chi connectivity index (χ0) is 15.7. The lowest BCUT2D eigenvalue weighted by molar-refractivity contribution is -0.121. The normalized spacial score (nSPS) is 17.3. The molecular weight excluding hydrogens is 274 g/mol. The number of nitrogens with two attached hydrogens (primary N) is 1. The van der Waals surface area contributed by atoms with E-state index in [2.05, 4.69) is 42.1 Å². The summed E-state index contributed by atoms with van der Waals surface area (Å²) in [6.07, 6.45) is 5.76. The summed E-state index contributed by atoms with van der Waals surface area (Å²) >= 11 is 0. The van der Waals surface area contributed by atoms with E-state index in [0.717, 1.165) is 43.3 Å². The van der Waals surface area contributed by atoms with Crippen molar-refractivity contribution >= 4 is 22.5 Å². The minimum absolute atomic E-state index is 0.0500. The fourth-order valence-corrected chi connectivity index (χ4v) is 3.32. The van der Waals surface area contributed by atoms with E-state index < -0.39 is 5.54 Å². The van der Waals surface area contributed by atoms with Crippen molar-refractivity contribution in [3.05, 3.63) is 30.5 Å². The van der Waals surface area contributed by atoms with Gasteiger partial charge in [0.05, 0.1) is 5.54 Å². The van der Waals surface area contributed by atoms with Gasteiger partial charge in [-0.2, -0.15) is 0 Å². The lowest BCUT2D eigenvalue weighted by Gasteiger charge is -2.22. The van der Waals surface area contributed by atoms with Gasteiger partial charge < -0.3 is 15.6 Å². The minimum atomic E-state index is -0.682. The maximum atomic E-state index is 12.4. The Balaban J connectivity index is 1.79. The van der Waals surface area contributed by atoms with Gasteiger partial charge in [0, 0.05) is 29.3 Å². The van der Waals surface area contributed by atoms with Crippen LogP contribution in [0, 0.1) is 5.92 Å². The number of nitrogens with zero attached hydrogens (tertiary/aromatic N) is 1. The number of hydrogen-bond acceptors (Lipinski definition) is 2. The highest BCUT2D eigenvalue weighted by molar-refractivity contribution is 5.99. The monoisotopic (exact) mass is 299 g/mol. The molecule has 3 rings (SSSR count). The van der Waals surface area contributed by atoms with Crippen molar-refractivity contribution in [2.24, 2.45) is 11.7 Å². The summed E-state index contributed by atoms with van der Waals surface area (Å²) in [4.78, 5) is 12.4. The molecule has 3 N–H and O–H groups in total. The molecule has 0 bridgehead atoms. The SMILES string of the molecule is CC(C)Cn1ccc2cc(NC(=O)C3(N)CCCC3)ccc21. The molecule has 1 aliphatic rings. The summed E-state index contributed by atoms with van der Waals surface area (Å²) < 4.78 is 2.26. The van der Waals surface area contributed by atoms with Crippen LogP contribution in [0.2, 0.25) is 0 Å². The third-order valence-corrected chi connectivity index (χ3v) is 4.54. The van der Waals surface area contributed by atoms with E-state index in [-0.39, 0.29) is 5.91 Å². The third kappa shape index (κ3) is 2.88. The number of hydrogen-bond donors (Lipinski definition) is 2. The van der Waals surface area contributed by atoms with Gasteiger partial charge in [0.25, 0.3) is 0 Å². The molecule has 1 amide bonds. The Kier molecular flexibility index (Phi) is 3.96. The number of fused-ring (bicyclic) bond motifs is 1. The second-order valence-corrected chi connectivity index (χ2v) is 6.95. The van der Waals surface area contributed by atoms with Gasteiger partial charge in [0.1, 0.15) is 0 Å². The molecule has 1 heterocycles. The lowest BCUT2D eigenvalue weighted by atomic mass is 9.98. The summed E-state index contributed by atoms with van der Waals surface area (Å²) in [5, 5.41) is 4.14. The van der Waals surface area contributed by atoms with Crippen LogP contribution in [0.15, 0.2) is 30.5 Å². The number of nitrogens with one attached hydrogen (secondary N) is 1. The first kappa shape index (κ1) is 15.1. The average molecular weight is 299 g/mol. The Bertz CT molecular complexity index is 681. The van der Waals surface area contributed by atoms with Gasteiger partial charge >= 0.3 is 0 Å². The Morgan fingerprint density at radius 1 is 1.32 bits per heavy atom. The van der Waals surface area contributed by atoms with Crippen molar-refractivity contribution in [3.63, 3.8) is 0 Å². The largest absolute Gasteiger partial charge is 0.347 e. The average Bonchev–Trinajstić information content (AvgIpc) is 3.06. The van der Waals surface area contributed by atoms with Crippen LogP contribution in [0.5, 0.6) is 0 Å². The van der Waals surface area contributed by atoms with Gasteiger partial charge in [0.15, 0.2) is 0 Å². The van der Waals surface area contributed by atoms with Crippen molar-refractivity contribution in [1.82, 2.24) is 4.57 Å². The van der Waals surface area contributed by atoms with Crippen molar-refractivity contribution in [2.45, 2.75) is 51.6 Å². The number of benzene rings is 1. The quantitative estimate of drug-likeness (QED) is 0.907. The Morgan fingerprint density at radius 2 is 2.05 bits per heavy atom. The van der Waals surface area contributed by atoms with Crippen molar-refractivity contribution < 1.29 is 4.79 Å². The lowest BCUT2D eigenvalue weighted by Crippen LogP contribution is -2.48. The molecule has 22 heavy (non-hydrogen) atoms. The van der Waals surface area contributed by atoms with Crippen molar-refractivity contribution in [3.8, 4) is 0 Å². The third-order valence-electron chi connectivity index (χ3n) is 4.54. The van der Waals surface area contributed by atoms with E-state index in [1.165, 1.54) is 5.52 Å². The van der Waals surface area contributed by atoms with E-state index in [4.69, 9.17) is 5.73 Å². The predicted octanol–water partition coefficient (Wildman–Crippen LogP) is 3.51. The van der Waals surface area contributed by atoms with Gasteiger partial charge in [-0.25, -0.2) is 0 Å². The van der Waals surface area contributed by atoms with Crippen molar-refractivity contribution in [1.29, 1.82) is 0 Å². The molecule has 0 radical (unpaired) electrons. The minimum Gasteiger partial charge on any atom is -0.347 e. The molecule has 4 nitrogen and oxygen atoms in total. The first-order chi connectivity index (χ1) is 10.5. The maximum Gasteiger partial charge on any atom is 0.244 e. The number of amides is 1. The zero-order valence-corrected chi connectivity index (χ0v) is 13.4. The molecule has 118 valence electrons. The Morgan fingerprint density at radius 3 is 2.73 bits per heavy atom. The number of anilines is 1. The summed E-state index contributed by atoms with van der Waals surface area (Å²) in [5.41, 5.74) is 7.56. The van der Waals surface area contributed by atoms with Crippen LogP contribution in [0.4, 0.5) is 5.69 Å². The van der Waals surface area contributed by atoms with Crippen LogP contribution in [-0.4, -0.2) is 16.0 Å². The fourth-order valence-electron chi connectivity index (χ4n) is 3.32. The van der Waals surface area contributed by atoms with E-state index in [0.29, 0.717) is 5.92 Å². The number of aromatic nitrogens is 1. The molecule has 1 aromatic heterocycles. The Labute approximate surface area is 131 Å². The van der Waals surface area contributed by atoms with Crippen LogP contribution in [0.1, 0.15) is 39.5 Å². The smallest absolute Gasteiger partial charge is 0.244 e. The van der Waals surface area contributed by atoms with Gasteiger partial charge in [-0.05, 0) is 43.0 Å². The van der Waals surface area contributed by atoms with E-state index >= 15 is 0 Å². The molecular formula is C18H25N3O. The topological polar surface area (TPSA) is 60.0 Å². The molecule has 2 aromatic rings. The molecule has 0 unspecified atom stereocenters. The molecule has 4 heteroatoms. The number of rotatable bonds is 4. The molecule has 0 spiro atoms. The van der Waals surface area contributed by atoms with Gasteiger partial charge in [-0.3, -0.25) is 4.79 Å². The number of carbonyl (C=O) groups is 1. The van der Waals surface area contributed by atoms with Gasteiger partial charge in [-0.1, -0.05) is 26.7 Å². The molecule has 1 aliphatic carbocycles. The molecule has 1 saturated carbocycles. The summed E-state index contributed by atoms with van der Waals surface area (Å²) in [6, 6.07) is 8.17.